The number of cyclic esters (lactones) is 1. The monoisotopic (exact) mass is 378 g/mol. The first kappa shape index (κ1) is 19.0. The number of aryl methyl sites for hydroxylation is 1. The minimum atomic E-state index is -0.619. The van der Waals surface area contributed by atoms with E-state index in [9.17, 15) is 14.9 Å². The SMILES string of the molecule is C=C(C)COc1cccc(/C=C2\N=C(c3ccc(C)c([N+](=O)[O-])c3)OC2=O)c1. The average Bonchev–Trinajstić information content (AvgIpc) is 3.01. The van der Waals surface area contributed by atoms with Crippen LogP contribution in [0.2, 0.25) is 0 Å². The predicted molar refractivity (Wildman–Crippen MR) is 105 cm³/mol. The number of carbonyl (C=O) groups is 1. The molecular weight excluding hydrogens is 360 g/mol. The fraction of sp³-hybridized carbons (Fsp3) is 0.143. The van der Waals surface area contributed by atoms with Gasteiger partial charge in [-0.15, -0.1) is 0 Å². The highest BCUT2D eigenvalue weighted by Crippen LogP contribution is 2.25. The Kier molecular flexibility index (Phi) is 5.35. The van der Waals surface area contributed by atoms with Gasteiger partial charge in [-0.05, 0) is 49.3 Å². The molecule has 0 atom stereocenters. The van der Waals surface area contributed by atoms with Crippen LogP contribution in [0.15, 0.2) is 65.3 Å². The largest absolute Gasteiger partial charge is 0.489 e. The summed E-state index contributed by atoms with van der Waals surface area (Å²) in [7, 11) is 0. The van der Waals surface area contributed by atoms with Crippen molar-refractivity contribution in [3.05, 3.63) is 87.1 Å². The molecule has 0 spiro atoms. The van der Waals surface area contributed by atoms with E-state index in [-0.39, 0.29) is 17.3 Å². The first-order valence-corrected chi connectivity index (χ1v) is 8.48. The Hall–Kier alpha value is -3.74. The maximum atomic E-state index is 12.2. The lowest BCUT2D eigenvalue weighted by Crippen LogP contribution is -2.06. The van der Waals surface area contributed by atoms with Gasteiger partial charge in [0, 0.05) is 17.2 Å². The van der Waals surface area contributed by atoms with E-state index in [1.165, 1.54) is 6.07 Å². The molecule has 142 valence electrons. The number of nitro groups is 1. The molecule has 0 unspecified atom stereocenters. The highest BCUT2D eigenvalue weighted by molar-refractivity contribution is 6.13. The van der Waals surface area contributed by atoms with Crippen LogP contribution in [-0.2, 0) is 9.53 Å². The molecule has 0 aromatic heterocycles. The van der Waals surface area contributed by atoms with Crippen LogP contribution in [0.3, 0.4) is 0 Å². The Balaban J connectivity index is 1.88. The molecule has 2 aromatic rings. The standard InChI is InChI=1S/C21H18N2O5/c1-13(2)12-27-17-6-4-5-15(9-17)10-18-21(24)28-20(22-18)16-8-7-14(3)19(11-16)23(25)26/h4-11H,1,12H2,2-3H3/b18-10-. The number of nitrogens with zero attached hydrogens (tertiary/aromatic N) is 2. The quantitative estimate of drug-likeness (QED) is 0.247. The Morgan fingerprint density at radius 2 is 2.11 bits per heavy atom. The minimum Gasteiger partial charge on any atom is -0.489 e. The van der Waals surface area contributed by atoms with Gasteiger partial charge in [0.2, 0.25) is 5.90 Å². The summed E-state index contributed by atoms with van der Waals surface area (Å²) < 4.78 is 10.8. The number of aliphatic imine (C=N–C) groups is 1. The number of esters is 1. The molecule has 0 radical (unpaired) electrons. The summed E-state index contributed by atoms with van der Waals surface area (Å²) >= 11 is 0. The van der Waals surface area contributed by atoms with E-state index >= 15 is 0 Å². The number of rotatable bonds is 6. The Morgan fingerprint density at radius 1 is 1.32 bits per heavy atom. The van der Waals surface area contributed by atoms with Crippen LogP contribution >= 0.6 is 0 Å². The minimum absolute atomic E-state index is 0.0361. The lowest BCUT2D eigenvalue weighted by atomic mass is 10.1. The van der Waals surface area contributed by atoms with Crippen molar-refractivity contribution in [1.29, 1.82) is 0 Å². The van der Waals surface area contributed by atoms with Crippen LogP contribution in [0, 0.1) is 17.0 Å². The molecule has 2 aromatic carbocycles. The van der Waals surface area contributed by atoms with Crippen molar-refractivity contribution >= 4 is 23.6 Å². The maximum Gasteiger partial charge on any atom is 0.363 e. The number of carbonyl (C=O) groups excluding carboxylic acids is 1. The number of nitro benzene ring substituents is 1. The molecule has 7 heteroatoms. The third-order valence-corrected chi connectivity index (χ3v) is 3.92. The topological polar surface area (TPSA) is 91.0 Å². The number of hydrogen-bond acceptors (Lipinski definition) is 6. The summed E-state index contributed by atoms with van der Waals surface area (Å²) in [5.41, 5.74) is 2.54. The third kappa shape index (κ3) is 4.32. The van der Waals surface area contributed by atoms with E-state index in [0.29, 0.717) is 29.0 Å². The lowest BCUT2D eigenvalue weighted by molar-refractivity contribution is -0.385. The molecule has 7 nitrogen and oxygen atoms in total. The van der Waals surface area contributed by atoms with E-state index in [0.717, 1.165) is 5.57 Å². The molecule has 28 heavy (non-hydrogen) atoms. The zero-order valence-electron chi connectivity index (χ0n) is 15.5. The van der Waals surface area contributed by atoms with E-state index in [1.54, 1.807) is 49.4 Å². The van der Waals surface area contributed by atoms with E-state index < -0.39 is 10.9 Å². The van der Waals surface area contributed by atoms with Gasteiger partial charge in [-0.1, -0.05) is 24.8 Å². The van der Waals surface area contributed by atoms with Crippen LogP contribution in [0.5, 0.6) is 5.75 Å². The predicted octanol–water partition coefficient (Wildman–Crippen LogP) is 4.20. The van der Waals surface area contributed by atoms with E-state index in [1.807, 2.05) is 6.92 Å². The molecule has 1 aliphatic rings. The highest BCUT2D eigenvalue weighted by atomic mass is 16.6. The summed E-state index contributed by atoms with van der Waals surface area (Å²) in [6.07, 6.45) is 1.57. The maximum absolute atomic E-state index is 12.2. The molecule has 0 aliphatic carbocycles. The van der Waals surface area contributed by atoms with Crippen molar-refractivity contribution in [3.8, 4) is 5.75 Å². The highest BCUT2D eigenvalue weighted by Gasteiger charge is 2.25. The molecule has 0 amide bonds. The fourth-order valence-corrected chi connectivity index (χ4v) is 2.53. The van der Waals surface area contributed by atoms with Crippen molar-refractivity contribution in [2.45, 2.75) is 13.8 Å². The van der Waals surface area contributed by atoms with Gasteiger partial charge >= 0.3 is 5.97 Å². The zero-order chi connectivity index (χ0) is 20.3. The molecule has 0 bridgehead atoms. The Morgan fingerprint density at radius 3 is 2.82 bits per heavy atom. The van der Waals surface area contributed by atoms with Gasteiger partial charge in [-0.25, -0.2) is 9.79 Å². The molecule has 1 heterocycles. The lowest BCUT2D eigenvalue weighted by Gasteiger charge is -2.06. The summed E-state index contributed by atoms with van der Waals surface area (Å²) in [5, 5.41) is 11.1. The second kappa shape index (κ2) is 7.87. The average molecular weight is 378 g/mol. The molecule has 0 fully saturated rings. The van der Waals surface area contributed by atoms with Gasteiger partial charge < -0.3 is 9.47 Å². The van der Waals surface area contributed by atoms with Crippen LogP contribution < -0.4 is 4.74 Å². The first-order chi connectivity index (χ1) is 13.3. The summed E-state index contributed by atoms with van der Waals surface area (Å²) in [4.78, 5) is 27.0. The smallest absolute Gasteiger partial charge is 0.363 e. The molecule has 0 saturated carbocycles. The molecular formula is C21H18N2O5. The Labute approximate surface area is 161 Å². The van der Waals surface area contributed by atoms with Crippen LogP contribution in [0.25, 0.3) is 6.08 Å². The van der Waals surface area contributed by atoms with Gasteiger partial charge in [0.05, 0.1) is 4.92 Å². The fourth-order valence-electron chi connectivity index (χ4n) is 2.53. The van der Waals surface area contributed by atoms with Gasteiger partial charge in [-0.3, -0.25) is 10.1 Å². The second-order valence-corrected chi connectivity index (χ2v) is 6.41. The molecule has 3 rings (SSSR count). The van der Waals surface area contributed by atoms with Gasteiger partial charge in [0.25, 0.3) is 5.69 Å². The molecule has 0 saturated heterocycles. The number of ether oxygens (including phenoxy) is 2. The van der Waals surface area contributed by atoms with Crippen molar-refractivity contribution in [2.24, 2.45) is 4.99 Å². The molecule has 0 N–H and O–H groups in total. The molecule has 1 aliphatic heterocycles. The van der Waals surface area contributed by atoms with E-state index in [4.69, 9.17) is 9.47 Å². The zero-order valence-corrected chi connectivity index (χ0v) is 15.5. The van der Waals surface area contributed by atoms with Crippen molar-refractivity contribution in [1.82, 2.24) is 0 Å². The summed E-state index contributed by atoms with van der Waals surface area (Å²) in [6.45, 7) is 7.69. The van der Waals surface area contributed by atoms with Crippen LogP contribution in [-0.4, -0.2) is 23.4 Å². The van der Waals surface area contributed by atoms with Crippen molar-refractivity contribution in [3.63, 3.8) is 0 Å². The summed E-state index contributed by atoms with van der Waals surface area (Å²) in [6, 6.07) is 11.7. The number of hydrogen-bond donors (Lipinski definition) is 0. The van der Waals surface area contributed by atoms with E-state index in [2.05, 4.69) is 11.6 Å². The Bertz CT molecular complexity index is 1040. The van der Waals surface area contributed by atoms with Gasteiger partial charge in [0.1, 0.15) is 12.4 Å². The van der Waals surface area contributed by atoms with Crippen molar-refractivity contribution in [2.75, 3.05) is 6.61 Å². The normalized spacial score (nSPS) is 14.6. The third-order valence-electron chi connectivity index (χ3n) is 3.92. The van der Waals surface area contributed by atoms with Gasteiger partial charge in [0.15, 0.2) is 5.70 Å². The van der Waals surface area contributed by atoms with Crippen molar-refractivity contribution < 1.29 is 19.2 Å². The summed E-state index contributed by atoms with van der Waals surface area (Å²) in [5.74, 6) is 0.0580. The first-order valence-electron chi connectivity index (χ1n) is 8.48. The second-order valence-electron chi connectivity index (χ2n) is 6.41. The number of benzene rings is 2. The van der Waals surface area contributed by atoms with Crippen LogP contribution in [0.4, 0.5) is 5.69 Å². The van der Waals surface area contributed by atoms with Crippen LogP contribution in [0.1, 0.15) is 23.6 Å². The van der Waals surface area contributed by atoms with Gasteiger partial charge in [-0.2, -0.15) is 0 Å².